The average Bonchev–Trinajstić information content (AvgIpc) is 3.35. The van der Waals surface area contributed by atoms with Crippen LogP contribution in [-0.2, 0) is 0 Å². The molecule has 1 aromatic heterocycles. The van der Waals surface area contributed by atoms with Crippen LogP contribution in [0.3, 0.4) is 0 Å². The Hall–Kier alpha value is -3.41. The second-order valence-electron chi connectivity index (χ2n) is 7.70. The highest BCUT2D eigenvalue weighted by Crippen LogP contribution is 2.29. The van der Waals surface area contributed by atoms with Crippen LogP contribution in [0, 0.1) is 0 Å². The van der Waals surface area contributed by atoms with Gasteiger partial charge in [0.05, 0.1) is 12.6 Å². The van der Waals surface area contributed by atoms with Crippen LogP contribution >= 0.6 is 0 Å². The number of carbonyl (C=O) groups excluding carboxylic acids is 1. The number of amides is 1. The lowest BCUT2D eigenvalue weighted by molar-refractivity contribution is 0.0940. The maximum Gasteiger partial charge on any atom is 0.251 e. The molecule has 1 atom stereocenters. The van der Waals surface area contributed by atoms with E-state index in [0.717, 1.165) is 41.5 Å². The van der Waals surface area contributed by atoms with Crippen molar-refractivity contribution in [3.63, 3.8) is 0 Å². The van der Waals surface area contributed by atoms with E-state index in [1.165, 1.54) is 12.8 Å². The SMILES string of the molecule is CCOc1ccc([C@H](C)NC(=O)c2cccc(-c3nccnc3N3CCCC3)c2)cc1. The van der Waals surface area contributed by atoms with Gasteiger partial charge in [-0.3, -0.25) is 9.78 Å². The molecular formula is C25H28N4O2. The molecule has 0 unspecified atom stereocenters. The highest BCUT2D eigenvalue weighted by molar-refractivity contribution is 5.96. The van der Waals surface area contributed by atoms with E-state index in [2.05, 4.69) is 20.2 Å². The van der Waals surface area contributed by atoms with Crippen LogP contribution in [0.25, 0.3) is 11.3 Å². The first kappa shape index (κ1) is 20.8. The van der Waals surface area contributed by atoms with Crippen LogP contribution in [0.2, 0.25) is 0 Å². The van der Waals surface area contributed by atoms with Gasteiger partial charge < -0.3 is 15.0 Å². The third kappa shape index (κ3) is 4.85. The summed E-state index contributed by atoms with van der Waals surface area (Å²) in [5, 5.41) is 3.09. The highest BCUT2D eigenvalue weighted by atomic mass is 16.5. The lowest BCUT2D eigenvalue weighted by Gasteiger charge is -2.19. The minimum absolute atomic E-state index is 0.116. The van der Waals surface area contributed by atoms with Crippen molar-refractivity contribution >= 4 is 11.7 Å². The van der Waals surface area contributed by atoms with Gasteiger partial charge in [0.15, 0.2) is 5.82 Å². The van der Waals surface area contributed by atoms with Gasteiger partial charge in [-0.05, 0) is 56.5 Å². The topological polar surface area (TPSA) is 67.3 Å². The minimum atomic E-state index is -0.122. The van der Waals surface area contributed by atoms with Crippen molar-refractivity contribution in [2.45, 2.75) is 32.7 Å². The van der Waals surface area contributed by atoms with Crippen molar-refractivity contribution in [3.8, 4) is 17.0 Å². The quantitative estimate of drug-likeness (QED) is 0.608. The van der Waals surface area contributed by atoms with Crippen LogP contribution in [0.5, 0.6) is 5.75 Å². The third-order valence-electron chi connectivity index (χ3n) is 5.52. The van der Waals surface area contributed by atoms with Crippen molar-refractivity contribution in [2.24, 2.45) is 0 Å². The lowest BCUT2D eigenvalue weighted by atomic mass is 10.0. The normalized spacial score (nSPS) is 14.3. The van der Waals surface area contributed by atoms with E-state index >= 15 is 0 Å². The number of aromatic nitrogens is 2. The van der Waals surface area contributed by atoms with Crippen molar-refractivity contribution in [1.82, 2.24) is 15.3 Å². The van der Waals surface area contributed by atoms with Crippen molar-refractivity contribution < 1.29 is 9.53 Å². The lowest BCUT2D eigenvalue weighted by Crippen LogP contribution is -2.26. The molecule has 6 heteroatoms. The standard InChI is InChI=1S/C25H28N4O2/c1-3-31-22-11-9-19(10-12-22)18(2)28-25(30)21-8-6-7-20(17-21)23-24(27-14-13-26-23)29-15-4-5-16-29/h6-14,17-18H,3-5,15-16H2,1-2H3,(H,28,30)/t18-/m0/s1. The van der Waals surface area contributed by atoms with E-state index in [1.807, 2.05) is 62.4 Å². The van der Waals surface area contributed by atoms with Gasteiger partial charge in [0.2, 0.25) is 0 Å². The zero-order valence-corrected chi connectivity index (χ0v) is 18.0. The Labute approximate surface area is 183 Å². The van der Waals surface area contributed by atoms with Gasteiger partial charge in [0.1, 0.15) is 11.4 Å². The number of rotatable bonds is 7. The summed E-state index contributed by atoms with van der Waals surface area (Å²) in [6, 6.07) is 15.3. The largest absolute Gasteiger partial charge is 0.494 e. The number of hydrogen-bond acceptors (Lipinski definition) is 5. The molecule has 6 nitrogen and oxygen atoms in total. The summed E-state index contributed by atoms with van der Waals surface area (Å²) in [7, 11) is 0. The summed E-state index contributed by atoms with van der Waals surface area (Å²) in [5.41, 5.74) is 3.35. The molecule has 31 heavy (non-hydrogen) atoms. The van der Waals surface area contributed by atoms with Crippen LogP contribution in [0.1, 0.15) is 48.7 Å². The minimum Gasteiger partial charge on any atom is -0.494 e. The summed E-state index contributed by atoms with van der Waals surface area (Å²) >= 11 is 0. The molecule has 0 saturated carbocycles. The molecule has 1 fully saturated rings. The Kier molecular flexibility index (Phi) is 6.46. The molecule has 1 saturated heterocycles. The third-order valence-corrected chi connectivity index (χ3v) is 5.52. The molecule has 0 radical (unpaired) electrons. The summed E-state index contributed by atoms with van der Waals surface area (Å²) < 4.78 is 5.49. The average molecular weight is 417 g/mol. The molecule has 1 N–H and O–H groups in total. The molecule has 4 rings (SSSR count). The Balaban J connectivity index is 1.51. The molecule has 0 bridgehead atoms. The predicted molar refractivity (Wildman–Crippen MR) is 122 cm³/mol. The fourth-order valence-corrected chi connectivity index (χ4v) is 3.89. The zero-order chi connectivity index (χ0) is 21.6. The number of carbonyl (C=O) groups is 1. The van der Waals surface area contributed by atoms with Gasteiger partial charge in [-0.25, -0.2) is 4.98 Å². The Morgan fingerprint density at radius 3 is 2.58 bits per heavy atom. The molecule has 1 aliphatic heterocycles. The van der Waals surface area contributed by atoms with E-state index in [1.54, 1.807) is 12.4 Å². The predicted octanol–water partition coefficient (Wildman–Crippen LogP) is 4.63. The molecule has 0 spiro atoms. The zero-order valence-electron chi connectivity index (χ0n) is 18.0. The summed E-state index contributed by atoms with van der Waals surface area (Å²) in [6.45, 7) is 6.55. The van der Waals surface area contributed by atoms with Crippen molar-refractivity contribution in [1.29, 1.82) is 0 Å². The van der Waals surface area contributed by atoms with E-state index in [-0.39, 0.29) is 11.9 Å². The summed E-state index contributed by atoms with van der Waals surface area (Å²) in [6.07, 6.45) is 5.77. The Morgan fingerprint density at radius 2 is 1.84 bits per heavy atom. The fourth-order valence-electron chi connectivity index (χ4n) is 3.89. The van der Waals surface area contributed by atoms with E-state index in [9.17, 15) is 4.79 Å². The van der Waals surface area contributed by atoms with E-state index in [4.69, 9.17) is 4.74 Å². The number of anilines is 1. The van der Waals surface area contributed by atoms with Crippen LogP contribution in [0.15, 0.2) is 60.9 Å². The molecule has 3 aromatic rings. The maximum absolute atomic E-state index is 12.9. The Bertz CT molecular complexity index is 1030. The second-order valence-corrected chi connectivity index (χ2v) is 7.70. The molecular weight excluding hydrogens is 388 g/mol. The number of benzene rings is 2. The summed E-state index contributed by atoms with van der Waals surface area (Å²) in [5.74, 6) is 1.60. The fraction of sp³-hybridized carbons (Fsp3) is 0.320. The summed E-state index contributed by atoms with van der Waals surface area (Å²) in [4.78, 5) is 24.4. The molecule has 1 amide bonds. The number of ether oxygens (including phenoxy) is 1. The van der Waals surface area contributed by atoms with Gasteiger partial charge in [0.25, 0.3) is 5.91 Å². The van der Waals surface area contributed by atoms with Gasteiger partial charge >= 0.3 is 0 Å². The second kappa shape index (κ2) is 9.60. The first-order valence-corrected chi connectivity index (χ1v) is 10.9. The van der Waals surface area contributed by atoms with Gasteiger partial charge in [-0.1, -0.05) is 24.3 Å². The molecule has 1 aliphatic rings. The van der Waals surface area contributed by atoms with Gasteiger partial charge in [-0.2, -0.15) is 0 Å². The molecule has 0 aliphatic carbocycles. The van der Waals surface area contributed by atoms with Crippen LogP contribution in [0.4, 0.5) is 5.82 Å². The maximum atomic E-state index is 12.9. The number of nitrogens with one attached hydrogen (secondary N) is 1. The smallest absolute Gasteiger partial charge is 0.251 e. The monoisotopic (exact) mass is 416 g/mol. The van der Waals surface area contributed by atoms with E-state index in [0.29, 0.717) is 12.2 Å². The van der Waals surface area contributed by atoms with Crippen molar-refractivity contribution in [2.75, 3.05) is 24.6 Å². The van der Waals surface area contributed by atoms with Crippen molar-refractivity contribution in [3.05, 3.63) is 72.1 Å². The van der Waals surface area contributed by atoms with E-state index < -0.39 is 0 Å². The van der Waals surface area contributed by atoms with Crippen LogP contribution in [-0.4, -0.2) is 35.6 Å². The van der Waals surface area contributed by atoms with Crippen LogP contribution < -0.4 is 15.0 Å². The Morgan fingerprint density at radius 1 is 1.10 bits per heavy atom. The van der Waals surface area contributed by atoms with Gasteiger partial charge in [-0.15, -0.1) is 0 Å². The molecule has 160 valence electrons. The first-order chi connectivity index (χ1) is 15.2. The van der Waals surface area contributed by atoms with Gasteiger partial charge in [0, 0.05) is 36.6 Å². The molecule has 2 heterocycles. The molecule has 2 aromatic carbocycles. The highest BCUT2D eigenvalue weighted by Gasteiger charge is 2.20. The first-order valence-electron chi connectivity index (χ1n) is 10.9. The number of nitrogens with zero attached hydrogens (tertiary/aromatic N) is 3. The number of hydrogen-bond donors (Lipinski definition) is 1.